The minimum atomic E-state index is -4.70. The molecule has 0 aliphatic carbocycles. The van der Waals surface area contributed by atoms with Gasteiger partial charge in [-0.2, -0.15) is 13.2 Å². The predicted octanol–water partition coefficient (Wildman–Crippen LogP) is 3.06. The third-order valence-corrected chi connectivity index (χ3v) is 3.60. The first-order valence-electron chi connectivity index (χ1n) is 6.57. The van der Waals surface area contributed by atoms with E-state index in [1.165, 1.54) is 4.90 Å². The van der Waals surface area contributed by atoms with Gasteiger partial charge in [-0.3, -0.25) is 10.1 Å². The number of hydrogen-bond acceptors (Lipinski definition) is 4. The fourth-order valence-corrected chi connectivity index (χ4v) is 2.57. The van der Waals surface area contributed by atoms with Gasteiger partial charge in [-0.05, 0) is 31.4 Å². The Morgan fingerprint density at radius 1 is 1.36 bits per heavy atom. The van der Waals surface area contributed by atoms with Crippen LogP contribution in [0.3, 0.4) is 0 Å². The van der Waals surface area contributed by atoms with Crippen molar-refractivity contribution in [2.75, 3.05) is 11.4 Å². The van der Waals surface area contributed by atoms with Gasteiger partial charge in [0.25, 0.3) is 5.69 Å². The molecular formula is C13H13F3N2O4. The molecule has 1 aromatic carbocycles. The van der Waals surface area contributed by atoms with Crippen LogP contribution in [0.2, 0.25) is 0 Å². The lowest BCUT2D eigenvalue weighted by atomic mass is 10.0. The Labute approximate surface area is 123 Å². The molecule has 0 spiro atoms. The van der Waals surface area contributed by atoms with E-state index in [4.69, 9.17) is 0 Å². The zero-order valence-electron chi connectivity index (χ0n) is 11.3. The Bertz CT molecular complexity index is 603. The summed E-state index contributed by atoms with van der Waals surface area (Å²) in [4.78, 5) is 22.7. The topological polar surface area (TPSA) is 83.7 Å². The van der Waals surface area contributed by atoms with Crippen molar-refractivity contribution in [3.05, 3.63) is 33.9 Å². The number of hydrogen-bond donors (Lipinski definition) is 1. The van der Waals surface area contributed by atoms with Crippen LogP contribution < -0.4 is 4.90 Å². The molecule has 1 aliphatic heterocycles. The molecule has 1 fully saturated rings. The molecule has 120 valence electrons. The highest BCUT2D eigenvalue weighted by molar-refractivity contribution is 5.80. The van der Waals surface area contributed by atoms with Gasteiger partial charge in [0.2, 0.25) is 0 Å². The van der Waals surface area contributed by atoms with Crippen molar-refractivity contribution in [2.24, 2.45) is 0 Å². The first-order chi connectivity index (χ1) is 10.2. The highest BCUT2D eigenvalue weighted by Crippen LogP contribution is 2.38. The summed E-state index contributed by atoms with van der Waals surface area (Å²) in [5.41, 5.74) is -1.96. The molecule has 22 heavy (non-hydrogen) atoms. The van der Waals surface area contributed by atoms with Crippen LogP contribution in [0.5, 0.6) is 0 Å². The molecule has 0 bridgehead atoms. The Morgan fingerprint density at radius 3 is 2.59 bits per heavy atom. The van der Waals surface area contributed by atoms with E-state index in [0.717, 1.165) is 12.1 Å². The smallest absolute Gasteiger partial charge is 0.416 e. The molecule has 0 unspecified atom stereocenters. The van der Waals surface area contributed by atoms with E-state index in [0.29, 0.717) is 25.3 Å². The number of carboxylic acids is 1. The maximum atomic E-state index is 12.7. The number of anilines is 1. The lowest BCUT2D eigenvalue weighted by Gasteiger charge is -2.34. The van der Waals surface area contributed by atoms with E-state index >= 15 is 0 Å². The average molecular weight is 318 g/mol. The molecule has 1 aliphatic rings. The molecule has 6 nitrogen and oxygen atoms in total. The van der Waals surface area contributed by atoms with Crippen LogP contribution in [0.25, 0.3) is 0 Å². The van der Waals surface area contributed by atoms with E-state index in [1.54, 1.807) is 0 Å². The number of benzene rings is 1. The maximum absolute atomic E-state index is 12.7. The number of piperidine rings is 1. The quantitative estimate of drug-likeness (QED) is 0.684. The number of carbonyl (C=O) groups is 1. The third-order valence-electron chi connectivity index (χ3n) is 3.60. The molecule has 1 saturated heterocycles. The van der Waals surface area contributed by atoms with Crippen molar-refractivity contribution in [3.8, 4) is 0 Å². The number of carboxylic acid groups (broad SMARTS) is 1. The maximum Gasteiger partial charge on any atom is 0.416 e. The number of aliphatic carboxylic acids is 1. The van der Waals surface area contributed by atoms with Crippen LogP contribution in [0, 0.1) is 10.1 Å². The van der Waals surface area contributed by atoms with Crippen molar-refractivity contribution < 1.29 is 28.0 Å². The number of nitro benzene ring substituents is 1. The van der Waals surface area contributed by atoms with Crippen LogP contribution in [-0.2, 0) is 11.0 Å². The monoisotopic (exact) mass is 318 g/mol. The summed E-state index contributed by atoms with van der Waals surface area (Å²) >= 11 is 0. The van der Waals surface area contributed by atoms with Crippen molar-refractivity contribution in [1.29, 1.82) is 0 Å². The van der Waals surface area contributed by atoms with E-state index in [-0.39, 0.29) is 12.2 Å². The lowest BCUT2D eigenvalue weighted by molar-refractivity contribution is -0.384. The molecule has 0 saturated carbocycles. The van der Waals surface area contributed by atoms with E-state index in [2.05, 4.69) is 0 Å². The summed E-state index contributed by atoms with van der Waals surface area (Å²) in [6.07, 6.45) is -3.12. The van der Waals surface area contributed by atoms with Gasteiger partial charge in [-0.25, -0.2) is 4.79 Å². The second-order valence-corrected chi connectivity index (χ2v) is 5.00. The van der Waals surface area contributed by atoms with Crippen molar-refractivity contribution in [3.63, 3.8) is 0 Å². The largest absolute Gasteiger partial charge is 0.480 e. The van der Waals surface area contributed by atoms with Crippen LogP contribution in [0.15, 0.2) is 18.2 Å². The highest BCUT2D eigenvalue weighted by atomic mass is 19.4. The molecule has 1 N–H and O–H groups in total. The van der Waals surface area contributed by atoms with Gasteiger partial charge < -0.3 is 10.0 Å². The van der Waals surface area contributed by atoms with Crippen molar-refractivity contribution >= 4 is 17.3 Å². The molecule has 0 aromatic heterocycles. The van der Waals surface area contributed by atoms with Crippen LogP contribution in [0.4, 0.5) is 24.5 Å². The molecule has 2 rings (SSSR count). The van der Waals surface area contributed by atoms with Gasteiger partial charge in [-0.15, -0.1) is 0 Å². The summed E-state index contributed by atoms with van der Waals surface area (Å²) in [6.45, 7) is 0.253. The van der Waals surface area contributed by atoms with Crippen LogP contribution in [-0.4, -0.2) is 28.6 Å². The number of nitro groups is 1. The number of rotatable bonds is 3. The van der Waals surface area contributed by atoms with Crippen LogP contribution >= 0.6 is 0 Å². The van der Waals surface area contributed by atoms with E-state index in [9.17, 15) is 33.2 Å². The zero-order chi connectivity index (χ0) is 16.5. The highest BCUT2D eigenvalue weighted by Gasteiger charge is 2.36. The van der Waals surface area contributed by atoms with Gasteiger partial charge >= 0.3 is 12.1 Å². The fourth-order valence-electron chi connectivity index (χ4n) is 2.57. The minimum Gasteiger partial charge on any atom is -0.480 e. The minimum absolute atomic E-state index is 0.0925. The zero-order valence-corrected chi connectivity index (χ0v) is 11.3. The summed E-state index contributed by atoms with van der Waals surface area (Å²) < 4.78 is 38.0. The number of alkyl halides is 3. The first-order valence-corrected chi connectivity index (χ1v) is 6.57. The van der Waals surface area contributed by atoms with Gasteiger partial charge in [0, 0.05) is 12.6 Å². The number of halogens is 3. The SMILES string of the molecule is O=C(O)[C@@H]1CCCCN1c1ccc(C(F)(F)F)cc1[N+](=O)[O-]. The van der Waals surface area contributed by atoms with Gasteiger partial charge in [0.15, 0.2) is 0 Å². The van der Waals surface area contributed by atoms with Crippen molar-refractivity contribution in [2.45, 2.75) is 31.5 Å². The molecular weight excluding hydrogens is 305 g/mol. The molecule has 1 aromatic rings. The first kappa shape index (κ1) is 16.1. The average Bonchev–Trinajstić information content (AvgIpc) is 2.45. The second kappa shape index (κ2) is 5.82. The summed E-state index contributed by atoms with van der Waals surface area (Å²) in [5.74, 6) is -1.14. The lowest BCUT2D eigenvalue weighted by Crippen LogP contribution is -2.45. The van der Waals surface area contributed by atoms with E-state index < -0.39 is 34.4 Å². The van der Waals surface area contributed by atoms with Crippen molar-refractivity contribution in [1.82, 2.24) is 0 Å². The molecule has 1 atom stereocenters. The van der Waals surface area contributed by atoms with Gasteiger partial charge in [0.1, 0.15) is 11.7 Å². The van der Waals surface area contributed by atoms with Gasteiger partial charge in [0.05, 0.1) is 10.5 Å². The Morgan fingerprint density at radius 2 is 2.05 bits per heavy atom. The fraction of sp³-hybridized carbons (Fsp3) is 0.462. The Hall–Kier alpha value is -2.32. The molecule has 1 heterocycles. The Balaban J connectivity index is 2.49. The summed E-state index contributed by atoms with van der Waals surface area (Å²) in [5, 5.41) is 20.3. The van der Waals surface area contributed by atoms with E-state index in [1.807, 2.05) is 0 Å². The summed E-state index contributed by atoms with van der Waals surface area (Å²) in [7, 11) is 0. The number of nitrogens with zero attached hydrogens (tertiary/aromatic N) is 2. The van der Waals surface area contributed by atoms with Crippen LogP contribution in [0.1, 0.15) is 24.8 Å². The normalized spacial score (nSPS) is 19.0. The predicted molar refractivity (Wildman–Crippen MR) is 70.7 cm³/mol. The second-order valence-electron chi connectivity index (χ2n) is 5.00. The standard InChI is InChI=1S/C13H13F3N2O4/c14-13(15,16)8-4-5-9(11(7-8)18(21)22)17-6-2-1-3-10(17)12(19)20/h4-5,7,10H,1-3,6H2,(H,19,20)/t10-/m0/s1. The van der Waals surface area contributed by atoms with Gasteiger partial charge in [-0.1, -0.05) is 0 Å². The Kier molecular flexibility index (Phi) is 4.25. The molecule has 0 amide bonds. The summed E-state index contributed by atoms with van der Waals surface area (Å²) in [6, 6.07) is 1.19. The molecule has 0 radical (unpaired) electrons. The molecule has 9 heteroatoms. The third kappa shape index (κ3) is 3.12.